The number of hydrogen-bond acceptors (Lipinski definition) is 4. The third-order valence-corrected chi connectivity index (χ3v) is 2.05. The Bertz CT molecular complexity index is 310. The molecule has 0 fully saturated rings. The maximum atomic E-state index is 10.9. The summed E-state index contributed by atoms with van der Waals surface area (Å²) in [5.41, 5.74) is 0.377. The Kier molecular flexibility index (Phi) is 2.24. The van der Waals surface area contributed by atoms with E-state index in [1.54, 1.807) is 11.4 Å². The predicted molar refractivity (Wildman–Crippen MR) is 40.4 cm³/mol. The summed E-state index contributed by atoms with van der Waals surface area (Å²) < 4.78 is 4.46. The van der Waals surface area contributed by atoms with E-state index in [0.29, 0.717) is 10.4 Å². The Morgan fingerprint density at radius 3 is 3.09 bits per heavy atom. The fraction of sp³-hybridized carbons (Fsp3) is 0.143. The highest BCUT2D eigenvalue weighted by Gasteiger charge is 2.11. The number of carbonyl (C=O) groups is 1. The molecule has 1 aromatic rings. The van der Waals surface area contributed by atoms with Gasteiger partial charge in [0.25, 0.3) is 0 Å². The van der Waals surface area contributed by atoms with Crippen LogP contribution in [0.3, 0.4) is 0 Å². The molecule has 0 aliphatic rings. The molecule has 56 valence electrons. The van der Waals surface area contributed by atoms with Gasteiger partial charge >= 0.3 is 5.97 Å². The first kappa shape index (κ1) is 7.76. The normalized spacial score (nSPS) is 8.73. The smallest absolute Gasteiger partial charge is 0.349 e. The molecule has 0 aliphatic heterocycles. The third kappa shape index (κ3) is 1.38. The number of esters is 1. The fourth-order valence-electron chi connectivity index (χ4n) is 0.648. The van der Waals surface area contributed by atoms with Gasteiger partial charge in [-0.25, -0.2) is 4.79 Å². The first-order valence-corrected chi connectivity index (χ1v) is 3.73. The largest absolute Gasteiger partial charge is 0.465 e. The van der Waals surface area contributed by atoms with Crippen molar-refractivity contribution in [3.8, 4) is 6.07 Å². The van der Waals surface area contributed by atoms with Crippen LogP contribution in [0.1, 0.15) is 15.2 Å². The number of nitriles is 1. The molecule has 0 aliphatic carbocycles. The lowest BCUT2D eigenvalue weighted by molar-refractivity contribution is 0.0606. The van der Waals surface area contributed by atoms with E-state index < -0.39 is 5.97 Å². The molecular formula is C7H5NO2S. The number of nitrogens with zero attached hydrogens (tertiary/aromatic N) is 1. The van der Waals surface area contributed by atoms with E-state index >= 15 is 0 Å². The number of methoxy groups -OCH3 is 1. The summed E-state index contributed by atoms with van der Waals surface area (Å²) in [5, 5.41) is 10.2. The Morgan fingerprint density at radius 1 is 1.82 bits per heavy atom. The first-order valence-electron chi connectivity index (χ1n) is 2.85. The van der Waals surface area contributed by atoms with Crippen LogP contribution in [0, 0.1) is 11.3 Å². The van der Waals surface area contributed by atoms with E-state index in [0.717, 1.165) is 0 Å². The molecule has 0 unspecified atom stereocenters. The Morgan fingerprint density at radius 2 is 2.55 bits per heavy atom. The molecule has 1 heterocycles. The minimum absolute atomic E-state index is 0.370. The van der Waals surface area contributed by atoms with Crippen molar-refractivity contribution in [3.63, 3.8) is 0 Å². The summed E-state index contributed by atoms with van der Waals surface area (Å²) in [6, 6.07) is 3.49. The van der Waals surface area contributed by atoms with Gasteiger partial charge in [0.05, 0.1) is 12.7 Å². The number of hydrogen-bond donors (Lipinski definition) is 0. The second-order valence-electron chi connectivity index (χ2n) is 1.77. The summed E-state index contributed by atoms with van der Waals surface area (Å²) in [5.74, 6) is -0.448. The quantitative estimate of drug-likeness (QED) is 0.594. The molecule has 0 N–H and O–H groups in total. The van der Waals surface area contributed by atoms with Crippen LogP contribution in [0.4, 0.5) is 0 Å². The van der Waals surface area contributed by atoms with Gasteiger partial charge in [-0.3, -0.25) is 0 Å². The van der Waals surface area contributed by atoms with E-state index in [-0.39, 0.29) is 0 Å². The minimum atomic E-state index is -0.448. The van der Waals surface area contributed by atoms with Crippen molar-refractivity contribution >= 4 is 17.3 Å². The molecule has 0 atom stereocenters. The third-order valence-electron chi connectivity index (χ3n) is 1.16. The van der Waals surface area contributed by atoms with Crippen LogP contribution in [0.25, 0.3) is 0 Å². The topological polar surface area (TPSA) is 50.1 Å². The second kappa shape index (κ2) is 3.17. The number of rotatable bonds is 1. The summed E-state index contributed by atoms with van der Waals surface area (Å²) in [6.45, 7) is 0. The zero-order valence-electron chi connectivity index (χ0n) is 5.83. The van der Waals surface area contributed by atoms with Crippen molar-refractivity contribution in [2.75, 3.05) is 7.11 Å². The molecule has 0 saturated carbocycles. The number of ether oxygens (including phenoxy) is 1. The molecule has 11 heavy (non-hydrogen) atoms. The van der Waals surface area contributed by atoms with Gasteiger partial charge in [-0.2, -0.15) is 5.26 Å². The highest BCUT2D eigenvalue weighted by molar-refractivity contribution is 7.12. The minimum Gasteiger partial charge on any atom is -0.465 e. The molecule has 0 bridgehead atoms. The van der Waals surface area contributed by atoms with Crippen molar-refractivity contribution in [2.45, 2.75) is 0 Å². The summed E-state index contributed by atoms with van der Waals surface area (Å²) >= 11 is 1.21. The van der Waals surface area contributed by atoms with Crippen LogP contribution < -0.4 is 0 Å². The molecule has 0 spiro atoms. The lowest BCUT2D eigenvalue weighted by atomic mass is 10.3. The zero-order valence-corrected chi connectivity index (χ0v) is 6.64. The molecule has 1 aromatic heterocycles. The summed E-state index contributed by atoms with van der Waals surface area (Å²) in [4.78, 5) is 11.3. The van der Waals surface area contributed by atoms with E-state index in [9.17, 15) is 4.79 Å². The first-order chi connectivity index (χ1) is 5.29. The molecule has 4 heteroatoms. The summed E-state index contributed by atoms with van der Waals surface area (Å²) in [6.07, 6.45) is 0. The van der Waals surface area contributed by atoms with Gasteiger partial charge in [0.15, 0.2) is 0 Å². The average molecular weight is 167 g/mol. The van der Waals surface area contributed by atoms with Crippen LogP contribution in [0.2, 0.25) is 0 Å². The van der Waals surface area contributed by atoms with Gasteiger partial charge in [0.1, 0.15) is 10.9 Å². The molecule has 1 rings (SSSR count). The van der Waals surface area contributed by atoms with Crippen LogP contribution in [0.15, 0.2) is 11.4 Å². The van der Waals surface area contributed by atoms with Crippen molar-refractivity contribution in [1.29, 1.82) is 5.26 Å². The lowest BCUT2D eigenvalue weighted by Crippen LogP contribution is -1.99. The van der Waals surface area contributed by atoms with Gasteiger partial charge in [0, 0.05) is 0 Å². The van der Waals surface area contributed by atoms with E-state index in [1.807, 2.05) is 6.07 Å². The van der Waals surface area contributed by atoms with Crippen molar-refractivity contribution in [3.05, 3.63) is 21.9 Å². The van der Waals surface area contributed by atoms with Gasteiger partial charge in [-0.05, 0) is 11.4 Å². The average Bonchev–Trinajstić information content (AvgIpc) is 2.50. The van der Waals surface area contributed by atoms with Crippen molar-refractivity contribution in [1.82, 2.24) is 0 Å². The lowest BCUT2D eigenvalue weighted by Gasteiger charge is -1.92. The molecule has 0 aromatic carbocycles. The summed E-state index contributed by atoms with van der Waals surface area (Å²) in [7, 11) is 1.29. The van der Waals surface area contributed by atoms with Gasteiger partial charge in [0.2, 0.25) is 0 Å². The van der Waals surface area contributed by atoms with Gasteiger partial charge in [-0.1, -0.05) is 0 Å². The Balaban J connectivity index is 3.05. The second-order valence-corrected chi connectivity index (χ2v) is 2.68. The van der Waals surface area contributed by atoms with Crippen molar-refractivity contribution < 1.29 is 9.53 Å². The van der Waals surface area contributed by atoms with Gasteiger partial charge < -0.3 is 4.74 Å². The molecule has 0 radical (unpaired) electrons. The molecular weight excluding hydrogens is 162 g/mol. The number of carbonyl (C=O) groups excluding carboxylic acids is 1. The SMILES string of the molecule is COC(=O)c1sccc1C#N. The van der Waals surface area contributed by atoms with Gasteiger partial charge in [-0.15, -0.1) is 11.3 Å². The van der Waals surface area contributed by atoms with Crippen LogP contribution >= 0.6 is 11.3 Å². The maximum absolute atomic E-state index is 10.9. The Labute approximate surface area is 67.8 Å². The van der Waals surface area contributed by atoms with Crippen LogP contribution in [0.5, 0.6) is 0 Å². The fourth-order valence-corrected chi connectivity index (χ4v) is 1.41. The monoisotopic (exact) mass is 167 g/mol. The van der Waals surface area contributed by atoms with E-state index in [2.05, 4.69) is 4.74 Å². The van der Waals surface area contributed by atoms with Crippen molar-refractivity contribution in [2.24, 2.45) is 0 Å². The highest BCUT2D eigenvalue weighted by Crippen LogP contribution is 2.16. The zero-order chi connectivity index (χ0) is 8.27. The highest BCUT2D eigenvalue weighted by atomic mass is 32.1. The van der Waals surface area contributed by atoms with E-state index in [4.69, 9.17) is 5.26 Å². The molecule has 0 amide bonds. The van der Waals surface area contributed by atoms with Crippen LogP contribution in [-0.2, 0) is 4.74 Å². The number of thiophene rings is 1. The van der Waals surface area contributed by atoms with Crippen LogP contribution in [-0.4, -0.2) is 13.1 Å². The predicted octanol–water partition coefficient (Wildman–Crippen LogP) is 1.41. The van der Waals surface area contributed by atoms with E-state index in [1.165, 1.54) is 18.4 Å². The molecule has 0 saturated heterocycles. The Hall–Kier alpha value is -1.34. The maximum Gasteiger partial charge on any atom is 0.349 e. The standard InChI is InChI=1S/C7H5NO2S/c1-10-7(9)6-5(4-8)2-3-11-6/h2-3H,1H3. The molecule has 3 nitrogen and oxygen atoms in total.